The molecule has 0 aromatic heterocycles. The molecule has 0 amide bonds. The Bertz CT molecular complexity index is 293. The number of nitrogens with two attached hydrogens (primary N) is 1. The molecule has 0 heterocycles. The van der Waals surface area contributed by atoms with Gasteiger partial charge < -0.3 is 5.73 Å². The van der Waals surface area contributed by atoms with Crippen LogP contribution >= 0.6 is 11.8 Å². The van der Waals surface area contributed by atoms with E-state index in [-0.39, 0.29) is 0 Å². The predicted molar refractivity (Wildman–Crippen MR) is 73.0 cm³/mol. The van der Waals surface area contributed by atoms with Crippen LogP contribution in [-0.4, -0.2) is 17.5 Å². The zero-order valence-corrected chi connectivity index (χ0v) is 10.6. The van der Waals surface area contributed by atoms with Crippen LogP contribution in [0.4, 0.5) is 0 Å². The third kappa shape index (κ3) is 3.26. The molecule has 0 spiro atoms. The van der Waals surface area contributed by atoms with Gasteiger partial charge in [0.2, 0.25) is 0 Å². The lowest BCUT2D eigenvalue weighted by Crippen LogP contribution is -2.16. The maximum Gasteiger partial charge on any atom is 0.00520 e. The van der Waals surface area contributed by atoms with Gasteiger partial charge in [-0.25, -0.2) is 0 Å². The zero-order chi connectivity index (χ0) is 11.2. The average molecular weight is 235 g/mol. The van der Waals surface area contributed by atoms with E-state index in [0.717, 1.165) is 11.8 Å². The molecule has 1 saturated carbocycles. The highest BCUT2D eigenvalue weighted by Crippen LogP contribution is 2.32. The normalized spacial score (nSPS) is 18.8. The summed E-state index contributed by atoms with van der Waals surface area (Å²) in [6.07, 6.45) is 5.68. The van der Waals surface area contributed by atoms with E-state index in [0.29, 0.717) is 5.92 Å². The Hall–Kier alpha value is -0.470. The fourth-order valence-corrected chi connectivity index (χ4v) is 3.83. The van der Waals surface area contributed by atoms with Gasteiger partial charge in [-0.15, -0.1) is 0 Å². The lowest BCUT2D eigenvalue weighted by molar-refractivity contribution is 0.779. The SMILES string of the molecule is NCC(CSC1CCCC1)c1ccccc1. The van der Waals surface area contributed by atoms with Gasteiger partial charge >= 0.3 is 0 Å². The molecule has 1 aromatic rings. The van der Waals surface area contributed by atoms with Crippen molar-refractivity contribution < 1.29 is 0 Å². The first-order chi connectivity index (χ1) is 7.90. The van der Waals surface area contributed by atoms with Crippen LogP contribution in [0.2, 0.25) is 0 Å². The van der Waals surface area contributed by atoms with Crippen LogP contribution < -0.4 is 5.73 Å². The van der Waals surface area contributed by atoms with Crippen LogP contribution in [0.3, 0.4) is 0 Å². The van der Waals surface area contributed by atoms with Crippen molar-refractivity contribution in [3.63, 3.8) is 0 Å². The third-order valence-corrected chi connectivity index (χ3v) is 4.93. The number of benzene rings is 1. The number of thioether (sulfide) groups is 1. The Labute approximate surface area is 103 Å². The second-order valence-corrected chi connectivity index (χ2v) is 5.92. The van der Waals surface area contributed by atoms with E-state index in [1.165, 1.54) is 37.0 Å². The first-order valence-electron chi connectivity index (χ1n) is 6.26. The molecule has 1 unspecified atom stereocenters. The maximum atomic E-state index is 5.88. The van der Waals surface area contributed by atoms with Crippen LogP contribution in [0.1, 0.15) is 37.2 Å². The summed E-state index contributed by atoms with van der Waals surface area (Å²) in [6, 6.07) is 10.7. The van der Waals surface area contributed by atoms with Crippen molar-refractivity contribution in [2.75, 3.05) is 12.3 Å². The van der Waals surface area contributed by atoms with Crippen LogP contribution in [0.5, 0.6) is 0 Å². The third-order valence-electron chi connectivity index (χ3n) is 3.39. The van der Waals surface area contributed by atoms with Crippen molar-refractivity contribution >= 4 is 11.8 Å². The molecule has 0 saturated heterocycles. The molecule has 16 heavy (non-hydrogen) atoms. The smallest absolute Gasteiger partial charge is 0.00520 e. The molecule has 2 rings (SSSR count). The van der Waals surface area contributed by atoms with Crippen LogP contribution in [0.25, 0.3) is 0 Å². The second-order valence-electron chi connectivity index (χ2n) is 4.58. The van der Waals surface area contributed by atoms with Crippen molar-refractivity contribution in [1.82, 2.24) is 0 Å². The number of hydrogen-bond acceptors (Lipinski definition) is 2. The van der Waals surface area contributed by atoms with Crippen LogP contribution in [0.15, 0.2) is 30.3 Å². The first-order valence-corrected chi connectivity index (χ1v) is 7.31. The lowest BCUT2D eigenvalue weighted by Gasteiger charge is -2.17. The van der Waals surface area contributed by atoms with Crippen molar-refractivity contribution in [2.24, 2.45) is 5.73 Å². The summed E-state index contributed by atoms with van der Waals surface area (Å²) < 4.78 is 0. The Morgan fingerprint density at radius 2 is 1.88 bits per heavy atom. The van der Waals surface area contributed by atoms with Gasteiger partial charge in [0, 0.05) is 16.9 Å². The molecule has 1 aliphatic rings. The van der Waals surface area contributed by atoms with E-state index in [2.05, 4.69) is 42.1 Å². The summed E-state index contributed by atoms with van der Waals surface area (Å²) in [5.74, 6) is 1.72. The van der Waals surface area contributed by atoms with E-state index >= 15 is 0 Å². The predicted octanol–water partition coefficient (Wildman–Crippen LogP) is 3.40. The summed E-state index contributed by atoms with van der Waals surface area (Å²) in [7, 11) is 0. The number of hydrogen-bond donors (Lipinski definition) is 1. The summed E-state index contributed by atoms with van der Waals surface area (Å²) in [4.78, 5) is 0. The summed E-state index contributed by atoms with van der Waals surface area (Å²) in [5.41, 5.74) is 7.27. The largest absolute Gasteiger partial charge is 0.330 e. The molecule has 1 atom stereocenters. The van der Waals surface area contributed by atoms with Gasteiger partial charge in [0.25, 0.3) is 0 Å². The van der Waals surface area contributed by atoms with Crippen molar-refractivity contribution in [3.05, 3.63) is 35.9 Å². The Balaban J connectivity index is 1.85. The first kappa shape index (κ1) is 12.0. The molecule has 0 aliphatic heterocycles. The minimum atomic E-state index is 0.534. The van der Waals surface area contributed by atoms with Gasteiger partial charge in [0.15, 0.2) is 0 Å². The molecule has 88 valence electrons. The minimum Gasteiger partial charge on any atom is -0.330 e. The molecule has 1 aromatic carbocycles. The van der Waals surface area contributed by atoms with Crippen molar-refractivity contribution in [2.45, 2.75) is 36.9 Å². The quantitative estimate of drug-likeness (QED) is 0.846. The summed E-state index contributed by atoms with van der Waals surface area (Å²) in [5, 5.41) is 0.901. The Morgan fingerprint density at radius 1 is 1.19 bits per heavy atom. The van der Waals surface area contributed by atoms with Crippen LogP contribution in [-0.2, 0) is 0 Å². The lowest BCUT2D eigenvalue weighted by atomic mass is 10.0. The maximum absolute atomic E-state index is 5.88. The average Bonchev–Trinajstić information content (AvgIpc) is 2.84. The van der Waals surface area contributed by atoms with Gasteiger partial charge in [0.1, 0.15) is 0 Å². The number of rotatable bonds is 5. The standard InChI is InChI=1S/C14H21NS/c15-10-13(12-6-2-1-3-7-12)11-16-14-8-4-5-9-14/h1-3,6-7,13-14H,4-5,8-11,15H2. The molecule has 1 nitrogen and oxygen atoms in total. The molecule has 2 heteroatoms. The fourth-order valence-electron chi connectivity index (χ4n) is 2.33. The zero-order valence-electron chi connectivity index (χ0n) is 9.77. The minimum absolute atomic E-state index is 0.534. The van der Waals surface area contributed by atoms with E-state index in [1.807, 2.05) is 0 Å². The van der Waals surface area contributed by atoms with Gasteiger partial charge in [-0.05, 0) is 24.9 Å². The fraction of sp³-hybridized carbons (Fsp3) is 0.571. The highest BCUT2D eigenvalue weighted by Gasteiger charge is 2.17. The Morgan fingerprint density at radius 3 is 2.50 bits per heavy atom. The summed E-state index contributed by atoms with van der Waals surface area (Å²) >= 11 is 2.13. The van der Waals surface area contributed by atoms with E-state index in [4.69, 9.17) is 5.73 Å². The Kier molecular flexibility index (Phi) is 4.73. The van der Waals surface area contributed by atoms with Crippen molar-refractivity contribution in [1.29, 1.82) is 0 Å². The topological polar surface area (TPSA) is 26.0 Å². The molecule has 1 aliphatic carbocycles. The van der Waals surface area contributed by atoms with Gasteiger partial charge in [-0.1, -0.05) is 43.2 Å². The van der Waals surface area contributed by atoms with E-state index in [9.17, 15) is 0 Å². The highest BCUT2D eigenvalue weighted by molar-refractivity contribution is 7.99. The molecule has 0 bridgehead atoms. The second kappa shape index (κ2) is 6.31. The molecular formula is C14H21NS. The molecule has 1 fully saturated rings. The molecule has 2 N–H and O–H groups in total. The summed E-state index contributed by atoms with van der Waals surface area (Å²) in [6.45, 7) is 0.768. The van der Waals surface area contributed by atoms with Crippen molar-refractivity contribution in [3.8, 4) is 0 Å². The van der Waals surface area contributed by atoms with E-state index in [1.54, 1.807) is 0 Å². The van der Waals surface area contributed by atoms with Gasteiger partial charge in [-0.2, -0.15) is 11.8 Å². The van der Waals surface area contributed by atoms with E-state index < -0.39 is 0 Å². The van der Waals surface area contributed by atoms with Crippen LogP contribution in [0, 0.1) is 0 Å². The molecule has 0 radical (unpaired) electrons. The monoisotopic (exact) mass is 235 g/mol. The molecular weight excluding hydrogens is 214 g/mol. The van der Waals surface area contributed by atoms with Gasteiger partial charge in [-0.3, -0.25) is 0 Å². The van der Waals surface area contributed by atoms with Gasteiger partial charge in [0.05, 0.1) is 0 Å². The highest BCUT2D eigenvalue weighted by atomic mass is 32.2.